The molecule has 1 saturated carbocycles. The van der Waals surface area contributed by atoms with Crippen molar-refractivity contribution in [1.82, 2.24) is 10.6 Å². The molecule has 1 aromatic rings. The van der Waals surface area contributed by atoms with Gasteiger partial charge in [0.1, 0.15) is 0 Å². The largest absolute Gasteiger partial charge is 0.490 e. The predicted molar refractivity (Wildman–Crippen MR) is 110 cm³/mol. The van der Waals surface area contributed by atoms with Gasteiger partial charge >= 0.3 is 0 Å². The molecular weight excluding hydrogens is 417 g/mol. The molecule has 5 nitrogen and oxygen atoms in total. The van der Waals surface area contributed by atoms with Crippen molar-refractivity contribution in [2.45, 2.75) is 39.7 Å². The Hall–Kier alpha value is -1.18. The van der Waals surface area contributed by atoms with Gasteiger partial charge in [-0.2, -0.15) is 0 Å². The maximum absolute atomic E-state index is 5.67. The van der Waals surface area contributed by atoms with Crippen LogP contribution in [0.5, 0.6) is 11.5 Å². The fraction of sp³-hybridized carbons (Fsp3) is 0.611. The van der Waals surface area contributed by atoms with Crippen molar-refractivity contribution in [2.75, 3.05) is 26.8 Å². The van der Waals surface area contributed by atoms with E-state index < -0.39 is 0 Å². The minimum atomic E-state index is 0. The number of aliphatic imine (C=N–C) groups is 1. The van der Waals surface area contributed by atoms with E-state index in [0.717, 1.165) is 36.3 Å². The van der Waals surface area contributed by atoms with E-state index in [1.165, 1.54) is 12.0 Å². The zero-order valence-electron chi connectivity index (χ0n) is 15.1. The number of halogens is 1. The van der Waals surface area contributed by atoms with Crippen LogP contribution in [0, 0.1) is 5.92 Å². The average Bonchev–Trinajstić information content (AvgIpc) is 3.24. The third-order valence-corrected chi connectivity index (χ3v) is 3.97. The summed E-state index contributed by atoms with van der Waals surface area (Å²) in [5.74, 6) is 3.27. The summed E-state index contributed by atoms with van der Waals surface area (Å²) in [6.45, 7) is 8.33. The van der Waals surface area contributed by atoms with Crippen molar-refractivity contribution in [3.05, 3.63) is 23.8 Å². The third kappa shape index (κ3) is 6.37. The number of nitrogens with one attached hydrogen (secondary N) is 2. The van der Waals surface area contributed by atoms with Gasteiger partial charge in [0.05, 0.1) is 13.2 Å². The number of benzene rings is 1. The van der Waals surface area contributed by atoms with Crippen LogP contribution in [0.2, 0.25) is 0 Å². The van der Waals surface area contributed by atoms with Crippen molar-refractivity contribution in [3.63, 3.8) is 0 Å². The summed E-state index contributed by atoms with van der Waals surface area (Å²) in [5.41, 5.74) is 1.22. The first-order chi connectivity index (χ1) is 11.2. The van der Waals surface area contributed by atoms with Gasteiger partial charge < -0.3 is 20.1 Å². The Bertz CT molecular complexity index is 537. The first-order valence-electron chi connectivity index (χ1n) is 8.53. The summed E-state index contributed by atoms with van der Waals surface area (Å²) in [4.78, 5) is 4.27. The molecule has 0 aromatic heterocycles. The normalized spacial score (nSPS) is 19.2. The lowest BCUT2D eigenvalue weighted by atomic mass is 10.1. The van der Waals surface area contributed by atoms with E-state index in [1.807, 2.05) is 27.0 Å². The van der Waals surface area contributed by atoms with Gasteiger partial charge in [-0.3, -0.25) is 4.99 Å². The van der Waals surface area contributed by atoms with Crippen molar-refractivity contribution >= 4 is 29.9 Å². The summed E-state index contributed by atoms with van der Waals surface area (Å²) in [5, 5.41) is 6.80. The highest BCUT2D eigenvalue weighted by molar-refractivity contribution is 14.0. The molecule has 0 saturated heterocycles. The molecule has 0 heterocycles. The highest BCUT2D eigenvalue weighted by atomic mass is 127. The van der Waals surface area contributed by atoms with E-state index in [9.17, 15) is 0 Å². The maximum Gasteiger partial charge on any atom is 0.191 e. The standard InChI is InChI=1S/C18H29N3O2.HI/c1-5-22-16-8-7-14(12-17(16)23-6-2)9-10-20-18(19-4)21-15-11-13(15)3;/h7-8,12-13,15H,5-6,9-11H2,1-4H3,(H2,19,20,21);1H. The second-order valence-corrected chi connectivity index (χ2v) is 5.86. The molecule has 0 amide bonds. The second-order valence-electron chi connectivity index (χ2n) is 5.86. The molecule has 0 radical (unpaired) electrons. The van der Waals surface area contributed by atoms with Crippen LogP contribution in [0.15, 0.2) is 23.2 Å². The molecule has 1 aliphatic rings. The Morgan fingerprint density at radius 1 is 1.21 bits per heavy atom. The van der Waals surface area contributed by atoms with E-state index in [0.29, 0.717) is 19.3 Å². The molecule has 0 bridgehead atoms. The molecule has 1 aromatic carbocycles. The molecule has 6 heteroatoms. The minimum Gasteiger partial charge on any atom is -0.490 e. The van der Waals surface area contributed by atoms with Crippen LogP contribution in [0.4, 0.5) is 0 Å². The first kappa shape index (κ1) is 20.9. The molecule has 0 spiro atoms. The predicted octanol–water partition coefficient (Wildman–Crippen LogP) is 3.22. The highest BCUT2D eigenvalue weighted by Gasteiger charge is 2.33. The fourth-order valence-corrected chi connectivity index (χ4v) is 2.47. The maximum atomic E-state index is 5.67. The van der Waals surface area contributed by atoms with Crippen molar-refractivity contribution in [1.29, 1.82) is 0 Å². The van der Waals surface area contributed by atoms with Gasteiger partial charge in [0.15, 0.2) is 17.5 Å². The van der Waals surface area contributed by atoms with Crippen molar-refractivity contribution in [2.24, 2.45) is 10.9 Å². The van der Waals surface area contributed by atoms with Crippen LogP contribution in [0.3, 0.4) is 0 Å². The first-order valence-corrected chi connectivity index (χ1v) is 8.53. The Morgan fingerprint density at radius 3 is 2.46 bits per heavy atom. The van der Waals surface area contributed by atoms with Gasteiger partial charge in [-0.25, -0.2) is 0 Å². The number of hydrogen-bond donors (Lipinski definition) is 2. The summed E-state index contributed by atoms with van der Waals surface area (Å²) < 4.78 is 11.3. The van der Waals surface area contributed by atoms with E-state index in [4.69, 9.17) is 9.47 Å². The van der Waals surface area contributed by atoms with E-state index in [-0.39, 0.29) is 24.0 Å². The average molecular weight is 447 g/mol. The molecule has 2 N–H and O–H groups in total. The summed E-state index contributed by atoms with van der Waals surface area (Å²) >= 11 is 0. The Labute approximate surface area is 162 Å². The second kappa shape index (κ2) is 10.6. The van der Waals surface area contributed by atoms with Gasteiger partial charge in [0.25, 0.3) is 0 Å². The molecule has 2 unspecified atom stereocenters. The zero-order chi connectivity index (χ0) is 16.7. The third-order valence-electron chi connectivity index (χ3n) is 3.97. The lowest BCUT2D eigenvalue weighted by Crippen LogP contribution is -2.39. The molecular formula is C18H30IN3O2. The summed E-state index contributed by atoms with van der Waals surface area (Å²) in [7, 11) is 1.81. The molecule has 0 aliphatic heterocycles. The van der Waals surface area contributed by atoms with Crippen LogP contribution in [-0.2, 0) is 6.42 Å². The van der Waals surface area contributed by atoms with Gasteiger partial charge in [-0.05, 0) is 50.3 Å². The number of nitrogens with zero attached hydrogens (tertiary/aromatic N) is 1. The van der Waals surface area contributed by atoms with E-state index >= 15 is 0 Å². The van der Waals surface area contributed by atoms with Crippen molar-refractivity contribution in [3.8, 4) is 11.5 Å². The highest BCUT2D eigenvalue weighted by Crippen LogP contribution is 2.29. The lowest BCUT2D eigenvalue weighted by Gasteiger charge is -2.14. The van der Waals surface area contributed by atoms with Gasteiger partial charge in [-0.15, -0.1) is 24.0 Å². The molecule has 2 rings (SSSR count). The Balaban J connectivity index is 0.00000288. The molecule has 2 atom stereocenters. The van der Waals surface area contributed by atoms with Crippen LogP contribution in [0.25, 0.3) is 0 Å². The number of ether oxygens (including phenoxy) is 2. The zero-order valence-corrected chi connectivity index (χ0v) is 17.4. The number of guanidine groups is 1. The summed E-state index contributed by atoms with van der Waals surface area (Å²) in [6, 6.07) is 6.73. The van der Waals surface area contributed by atoms with Crippen LogP contribution in [-0.4, -0.2) is 38.8 Å². The summed E-state index contributed by atoms with van der Waals surface area (Å²) in [6.07, 6.45) is 2.14. The monoisotopic (exact) mass is 447 g/mol. The molecule has 1 fully saturated rings. The smallest absolute Gasteiger partial charge is 0.191 e. The van der Waals surface area contributed by atoms with Gasteiger partial charge in [0.2, 0.25) is 0 Å². The van der Waals surface area contributed by atoms with Gasteiger partial charge in [-0.1, -0.05) is 13.0 Å². The fourth-order valence-electron chi connectivity index (χ4n) is 2.47. The van der Waals surface area contributed by atoms with Crippen molar-refractivity contribution < 1.29 is 9.47 Å². The molecule has 136 valence electrons. The number of hydrogen-bond acceptors (Lipinski definition) is 3. The SMILES string of the molecule is CCOc1ccc(CCNC(=NC)NC2CC2C)cc1OCC.I. The van der Waals surface area contributed by atoms with Crippen LogP contribution < -0.4 is 20.1 Å². The number of rotatable bonds is 8. The van der Waals surface area contributed by atoms with E-state index in [2.05, 4.69) is 34.7 Å². The topological polar surface area (TPSA) is 54.9 Å². The molecule has 24 heavy (non-hydrogen) atoms. The molecule has 1 aliphatic carbocycles. The van der Waals surface area contributed by atoms with Gasteiger partial charge in [0, 0.05) is 19.6 Å². The quantitative estimate of drug-likeness (QED) is 0.365. The van der Waals surface area contributed by atoms with Crippen LogP contribution in [0.1, 0.15) is 32.8 Å². The lowest BCUT2D eigenvalue weighted by molar-refractivity contribution is 0.287. The minimum absolute atomic E-state index is 0. The van der Waals surface area contributed by atoms with E-state index in [1.54, 1.807) is 0 Å². The Kier molecular flexibility index (Phi) is 9.25. The Morgan fingerprint density at radius 2 is 1.88 bits per heavy atom. The van der Waals surface area contributed by atoms with Crippen LogP contribution >= 0.6 is 24.0 Å².